The molecule has 3 aliphatic rings. The monoisotopic (exact) mass is 343 g/mol. The Morgan fingerprint density at radius 2 is 1.64 bits per heavy atom. The molecular formula is C21H29NO3. The van der Waals surface area contributed by atoms with Gasteiger partial charge in [0.15, 0.2) is 11.5 Å². The average molecular weight is 343 g/mol. The molecule has 0 unspecified atom stereocenters. The lowest BCUT2D eigenvalue weighted by atomic mass is 9.78. The van der Waals surface area contributed by atoms with E-state index in [1.165, 1.54) is 31.2 Å². The van der Waals surface area contributed by atoms with E-state index in [1.54, 1.807) is 0 Å². The first-order valence-electron chi connectivity index (χ1n) is 9.80. The summed E-state index contributed by atoms with van der Waals surface area (Å²) in [6.07, 6.45) is 9.11. The number of nitrogens with one attached hydrogen (secondary N) is 1. The van der Waals surface area contributed by atoms with Gasteiger partial charge in [-0.2, -0.15) is 0 Å². The second kappa shape index (κ2) is 6.54. The summed E-state index contributed by atoms with van der Waals surface area (Å²) in [7, 11) is 0. The van der Waals surface area contributed by atoms with Crippen LogP contribution in [0.25, 0.3) is 0 Å². The van der Waals surface area contributed by atoms with Gasteiger partial charge in [-0.25, -0.2) is 0 Å². The van der Waals surface area contributed by atoms with Gasteiger partial charge in [0.2, 0.25) is 5.91 Å². The van der Waals surface area contributed by atoms with Crippen LogP contribution < -0.4 is 14.8 Å². The molecule has 4 rings (SSSR count). The van der Waals surface area contributed by atoms with E-state index in [-0.39, 0.29) is 16.7 Å². The maximum absolute atomic E-state index is 12.8. The number of carbonyl (C=O) groups is 1. The topological polar surface area (TPSA) is 47.6 Å². The maximum atomic E-state index is 12.8. The molecule has 136 valence electrons. The minimum Gasteiger partial charge on any atom is -0.486 e. The molecule has 2 aliphatic carbocycles. The number of amides is 1. The molecule has 4 nitrogen and oxygen atoms in total. The minimum atomic E-state index is -0.160. The first kappa shape index (κ1) is 16.7. The second-order valence-electron chi connectivity index (χ2n) is 8.30. The Balaban J connectivity index is 1.53. The summed E-state index contributed by atoms with van der Waals surface area (Å²) >= 11 is 0. The molecule has 0 bridgehead atoms. The zero-order valence-electron chi connectivity index (χ0n) is 15.2. The zero-order valence-corrected chi connectivity index (χ0v) is 15.2. The molecule has 25 heavy (non-hydrogen) atoms. The molecule has 1 amide bonds. The van der Waals surface area contributed by atoms with E-state index in [4.69, 9.17) is 9.47 Å². The third-order valence-electron chi connectivity index (χ3n) is 6.56. The van der Waals surface area contributed by atoms with E-state index in [9.17, 15) is 4.79 Å². The molecule has 1 N–H and O–H groups in total. The maximum Gasteiger partial charge on any atom is 0.225 e. The van der Waals surface area contributed by atoms with Gasteiger partial charge < -0.3 is 14.8 Å². The van der Waals surface area contributed by atoms with Crippen LogP contribution in [0.3, 0.4) is 0 Å². The number of benzene rings is 1. The van der Waals surface area contributed by atoms with Crippen LogP contribution in [0, 0.1) is 5.41 Å². The smallest absolute Gasteiger partial charge is 0.225 e. The van der Waals surface area contributed by atoms with E-state index in [2.05, 4.69) is 24.4 Å². The number of hydrogen-bond acceptors (Lipinski definition) is 3. The number of ether oxygens (including phenoxy) is 2. The second-order valence-corrected chi connectivity index (χ2v) is 8.30. The average Bonchev–Trinajstić information content (AvgIpc) is 3.30. The highest BCUT2D eigenvalue weighted by Crippen LogP contribution is 2.44. The van der Waals surface area contributed by atoms with Gasteiger partial charge in [-0.15, -0.1) is 0 Å². The van der Waals surface area contributed by atoms with Gasteiger partial charge in [-0.3, -0.25) is 4.79 Å². The van der Waals surface area contributed by atoms with Gasteiger partial charge in [0.05, 0.1) is 0 Å². The van der Waals surface area contributed by atoms with Crippen molar-refractivity contribution in [2.45, 2.75) is 63.7 Å². The highest BCUT2D eigenvalue weighted by atomic mass is 16.6. The summed E-state index contributed by atoms with van der Waals surface area (Å²) in [6, 6.07) is 6.34. The van der Waals surface area contributed by atoms with Crippen LogP contribution in [0.5, 0.6) is 11.5 Å². The predicted octanol–water partition coefficient (Wildman–Crippen LogP) is 3.97. The Labute approximate surface area is 150 Å². The van der Waals surface area contributed by atoms with Crippen molar-refractivity contribution in [2.24, 2.45) is 5.41 Å². The van der Waals surface area contributed by atoms with E-state index >= 15 is 0 Å². The van der Waals surface area contributed by atoms with Crippen LogP contribution in [0.1, 0.15) is 63.9 Å². The summed E-state index contributed by atoms with van der Waals surface area (Å²) in [5.74, 6) is 1.93. The van der Waals surface area contributed by atoms with Crippen molar-refractivity contribution >= 4 is 5.91 Å². The zero-order chi connectivity index (χ0) is 17.3. The third kappa shape index (κ3) is 3.11. The van der Waals surface area contributed by atoms with E-state index in [0.29, 0.717) is 13.2 Å². The number of rotatable bonds is 4. The van der Waals surface area contributed by atoms with Crippen molar-refractivity contribution in [1.82, 2.24) is 5.32 Å². The summed E-state index contributed by atoms with van der Waals surface area (Å²) in [5.41, 5.74) is 1.17. The van der Waals surface area contributed by atoms with Crippen molar-refractivity contribution in [3.8, 4) is 11.5 Å². The molecule has 2 saturated carbocycles. The van der Waals surface area contributed by atoms with Crippen LogP contribution in [-0.4, -0.2) is 25.7 Å². The Morgan fingerprint density at radius 1 is 1.00 bits per heavy atom. The van der Waals surface area contributed by atoms with Crippen molar-refractivity contribution in [3.63, 3.8) is 0 Å². The number of fused-ring (bicyclic) bond motifs is 1. The molecule has 1 aromatic rings. The third-order valence-corrected chi connectivity index (χ3v) is 6.56. The summed E-state index contributed by atoms with van der Waals surface area (Å²) < 4.78 is 11.4. The molecular weight excluding hydrogens is 314 g/mol. The summed E-state index contributed by atoms with van der Waals surface area (Å²) in [6.45, 7) is 4.09. The van der Waals surface area contributed by atoms with Crippen molar-refractivity contribution in [2.75, 3.05) is 19.8 Å². The minimum absolute atomic E-state index is 0.0421. The number of hydrogen-bond donors (Lipinski definition) is 1. The Morgan fingerprint density at radius 3 is 2.36 bits per heavy atom. The molecule has 0 spiro atoms. The SMILES string of the molecule is CC1(C(=O)NCC2(c3ccc4c(c3)OCCO4)CCCC2)CCCC1. The van der Waals surface area contributed by atoms with Crippen molar-refractivity contribution < 1.29 is 14.3 Å². The highest BCUT2D eigenvalue weighted by molar-refractivity contribution is 5.82. The molecule has 0 atom stereocenters. The lowest BCUT2D eigenvalue weighted by molar-refractivity contribution is -0.130. The lowest BCUT2D eigenvalue weighted by Gasteiger charge is -2.33. The first-order valence-corrected chi connectivity index (χ1v) is 9.80. The molecule has 1 aromatic carbocycles. The van der Waals surface area contributed by atoms with Gasteiger partial charge in [0.1, 0.15) is 13.2 Å². The van der Waals surface area contributed by atoms with E-state index in [1.807, 2.05) is 6.07 Å². The quantitative estimate of drug-likeness (QED) is 0.900. The molecule has 1 aliphatic heterocycles. The fourth-order valence-electron chi connectivity index (χ4n) is 4.84. The Kier molecular flexibility index (Phi) is 4.38. The molecule has 0 saturated heterocycles. The van der Waals surface area contributed by atoms with Gasteiger partial charge in [-0.05, 0) is 43.4 Å². The van der Waals surface area contributed by atoms with Crippen LogP contribution in [0.15, 0.2) is 18.2 Å². The normalized spacial score (nSPS) is 23.4. The largest absolute Gasteiger partial charge is 0.486 e. The van der Waals surface area contributed by atoms with Crippen LogP contribution >= 0.6 is 0 Å². The predicted molar refractivity (Wildman–Crippen MR) is 97.2 cm³/mol. The van der Waals surface area contributed by atoms with Crippen LogP contribution in [0.2, 0.25) is 0 Å². The van der Waals surface area contributed by atoms with E-state index in [0.717, 1.165) is 43.7 Å². The summed E-state index contributed by atoms with van der Waals surface area (Å²) in [4.78, 5) is 12.8. The molecule has 2 fully saturated rings. The van der Waals surface area contributed by atoms with E-state index < -0.39 is 0 Å². The Hall–Kier alpha value is -1.71. The molecule has 0 radical (unpaired) electrons. The van der Waals surface area contributed by atoms with Crippen LogP contribution in [-0.2, 0) is 10.2 Å². The van der Waals surface area contributed by atoms with Gasteiger partial charge in [0.25, 0.3) is 0 Å². The molecule has 1 heterocycles. The van der Waals surface area contributed by atoms with Gasteiger partial charge in [-0.1, -0.05) is 38.7 Å². The fraction of sp³-hybridized carbons (Fsp3) is 0.667. The number of carbonyl (C=O) groups excluding carboxylic acids is 1. The highest BCUT2D eigenvalue weighted by Gasteiger charge is 2.40. The van der Waals surface area contributed by atoms with Gasteiger partial charge in [0, 0.05) is 17.4 Å². The fourth-order valence-corrected chi connectivity index (χ4v) is 4.84. The van der Waals surface area contributed by atoms with Gasteiger partial charge >= 0.3 is 0 Å². The van der Waals surface area contributed by atoms with Crippen molar-refractivity contribution in [1.29, 1.82) is 0 Å². The molecule has 0 aromatic heterocycles. The molecule has 4 heteroatoms. The standard InChI is InChI=1S/C21H29NO3/c1-20(8-2-3-9-20)19(23)22-15-21(10-4-5-11-21)16-6-7-17-18(14-16)25-13-12-24-17/h6-7,14H,2-5,8-13,15H2,1H3,(H,22,23). The lowest BCUT2D eigenvalue weighted by Crippen LogP contribution is -2.44. The summed E-state index contributed by atoms with van der Waals surface area (Å²) in [5, 5.41) is 3.32. The first-order chi connectivity index (χ1) is 12.1. The van der Waals surface area contributed by atoms with Crippen molar-refractivity contribution in [3.05, 3.63) is 23.8 Å². The Bertz CT molecular complexity index is 643. The van der Waals surface area contributed by atoms with Crippen LogP contribution in [0.4, 0.5) is 0 Å².